The molecular formula is C76H167N9O3. The smallest absolute Gasteiger partial charge is 0.250 e. The van der Waals surface area contributed by atoms with Crippen LogP contribution in [0, 0.1) is 11.3 Å². The highest BCUT2D eigenvalue weighted by molar-refractivity contribution is 5.02. The zero-order valence-corrected chi connectivity index (χ0v) is 66.4. The van der Waals surface area contributed by atoms with Gasteiger partial charge in [-0.2, -0.15) is 0 Å². The fourth-order valence-corrected chi connectivity index (χ4v) is 10.7. The maximum absolute atomic E-state index is 11.0. The number of hydrogen-bond donors (Lipinski definition) is 0. The van der Waals surface area contributed by atoms with Gasteiger partial charge in [0.2, 0.25) is 0 Å². The topological polar surface area (TPSA) is 66.4 Å². The minimum Gasteiger partial charge on any atom is -0.380 e. The van der Waals surface area contributed by atoms with Gasteiger partial charge >= 0.3 is 0 Å². The van der Waals surface area contributed by atoms with Crippen molar-refractivity contribution in [1.29, 1.82) is 0 Å². The molecule has 8 saturated heterocycles. The lowest BCUT2D eigenvalue weighted by Gasteiger charge is -2.56. The normalized spacial score (nSPS) is 20.7. The van der Waals surface area contributed by atoms with Crippen molar-refractivity contribution in [3.05, 3.63) is 34.7 Å². The summed E-state index contributed by atoms with van der Waals surface area (Å²) in [5.41, 5.74) is 0.669. The van der Waals surface area contributed by atoms with Gasteiger partial charge in [0.1, 0.15) is 0 Å². The van der Waals surface area contributed by atoms with Crippen LogP contribution in [0.3, 0.4) is 0 Å². The Hall–Kier alpha value is -1.45. The molecule has 12 heteroatoms. The first kappa shape index (κ1) is 97.6. The molecule has 0 radical (unpaired) electrons. The average Bonchev–Trinajstić information content (AvgIpc) is 1.17. The number of fused-ring (bicyclic) bond motifs is 1. The molecule has 2 unspecified atom stereocenters. The Kier molecular flexibility index (Phi) is 71.3. The molecule has 0 bridgehead atoms. The number of likely N-dealkylation sites (tertiary alicyclic amines) is 5. The molecular weight excluding hydrogens is 1090 g/mol. The molecule has 1 aromatic rings. The first-order chi connectivity index (χ1) is 42.1. The second-order valence-corrected chi connectivity index (χ2v) is 24.9. The number of likely N-dealkylation sites (N-methyl/N-ethyl adjacent to an activating group) is 1. The minimum absolute atomic E-state index is 0.0671. The van der Waals surface area contributed by atoms with Crippen LogP contribution >= 0.6 is 0 Å². The summed E-state index contributed by atoms with van der Waals surface area (Å²) < 4.78 is 12.1. The summed E-state index contributed by atoms with van der Waals surface area (Å²) in [6, 6.07) is 11.7. The highest BCUT2D eigenvalue weighted by Crippen LogP contribution is 2.45. The van der Waals surface area contributed by atoms with Crippen molar-refractivity contribution in [2.75, 3.05) is 132 Å². The molecule has 1 aromatic heterocycles. The van der Waals surface area contributed by atoms with Crippen LogP contribution in [-0.2, 0) is 9.47 Å². The number of nitrogens with zero attached hydrogens (tertiary/aromatic N) is 9. The summed E-state index contributed by atoms with van der Waals surface area (Å²) >= 11 is 0. The second-order valence-electron chi connectivity index (χ2n) is 24.9. The monoisotopic (exact) mass is 1250 g/mol. The molecule has 0 aromatic carbocycles. The minimum atomic E-state index is 0.0671. The van der Waals surface area contributed by atoms with E-state index >= 15 is 0 Å². The number of ether oxygens (including phenoxy) is 2. The van der Waals surface area contributed by atoms with Gasteiger partial charge in [0.25, 0.3) is 5.56 Å². The van der Waals surface area contributed by atoms with Crippen molar-refractivity contribution >= 4 is 0 Å². The zero-order chi connectivity index (χ0) is 69.4. The van der Waals surface area contributed by atoms with Gasteiger partial charge in [0.15, 0.2) is 0 Å². The summed E-state index contributed by atoms with van der Waals surface area (Å²) in [4.78, 5) is 31.1. The van der Waals surface area contributed by atoms with Crippen LogP contribution in [0.15, 0.2) is 29.2 Å². The molecule has 1 aliphatic carbocycles. The maximum atomic E-state index is 11.0. The Bertz CT molecular complexity index is 1520. The van der Waals surface area contributed by atoms with Gasteiger partial charge in [-0.15, -0.1) is 0 Å². The van der Waals surface area contributed by atoms with E-state index in [4.69, 9.17) is 9.47 Å². The van der Waals surface area contributed by atoms with Gasteiger partial charge in [-0.25, -0.2) is 0 Å². The van der Waals surface area contributed by atoms with Crippen molar-refractivity contribution in [2.24, 2.45) is 11.3 Å². The van der Waals surface area contributed by atoms with Gasteiger partial charge in [0.05, 0.1) is 26.4 Å². The van der Waals surface area contributed by atoms with E-state index in [9.17, 15) is 4.79 Å². The van der Waals surface area contributed by atoms with Gasteiger partial charge in [-0.05, 0) is 221 Å². The standard InChI is InChI=1S/C8H18N2.C8H15NO.C8H11NO.C8H15N.C8H17N.C7H15NO.C7H15N.C6H13N.8C2H6/c1-8(2)10-6-4-9(3)5-7-10;1-7(2)9-3-8(4-9)5-10-6-8;1-7(2)9-6-4-3-5-8(9)10;1-6(2)9-4-3-7-5-8(7)9;1-8(2)9-6-4-3-5-7-9;1-7(2)8-3-5-9-6-4-8;1-7(2)8-5-3-4-6-8;1-6(2)7-4-3-5-7;8*1-2/h8H,4-7H2,1-3H3;7H,3-6H2,1-2H3;3-7H,1-2H3;6-8H,3-5H2,1-2H3;8H,3-7H2,1-2H3;7H,3-6H2,1-2H3;7H,3-6H2,1-2H3;6H,3-5H2,1-2H3;8*1-2H3. The quantitative estimate of drug-likeness (QED) is 0.250. The van der Waals surface area contributed by atoms with E-state index in [1.807, 2.05) is 131 Å². The third kappa shape index (κ3) is 45.8. The highest BCUT2D eigenvalue weighted by Gasteiger charge is 2.49. The maximum Gasteiger partial charge on any atom is 0.250 e. The van der Waals surface area contributed by atoms with Crippen LogP contribution < -0.4 is 5.56 Å². The molecule has 10 rings (SSSR count). The first-order valence-electron chi connectivity index (χ1n) is 37.9. The first-order valence-corrected chi connectivity index (χ1v) is 37.9. The lowest BCUT2D eigenvalue weighted by Crippen LogP contribution is -2.67. The number of piperidine rings is 2. The van der Waals surface area contributed by atoms with E-state index in [2.05, 4.69) is 143 Å². The fourth-order valence-electron chi connectivity index (χ4n) is 10.7. The van der Waals surface area contributed by atoms with Crippen LogP contribution in [0.5, 0.6) is 0 Å². The van der Waals surface area contributed by atoms with E-state index in [1.54, 1.807) is 22.9 Å². The molecule has 1 spiro atoms. The molecule has 1 saturated carbocycles. The van der Waals surface area contributed by atoms with Crippen LogP contribution in [0.2, 0.25) is 0 Å². The third-order valence-corrected chi connectivity index (χ3v) is 16.4. The Morgan fingerprint density at radius 2 is 0.739 bits per heavy atom. The number of rotatable bonds is 8. The molecule has 12 nitrogen and oxygen atoms in total. The van der Waals surface area contributed by atoms with Crippen LogP contribution in [0.25, 0.3) is 0 Å². The number of hydrogen-bond acceptors (Lipinski definition) is 11. The highest BCUT2D eigenvalue weighted by atomic mass is 16.5. The van der Waals surface area contributed by atoms with Crippen LogP contribution in [0.1, 0.15) is 279 Å². The van der Waals surface area contributed by atoms with E-state index in [0.29, 0.717) is 11.5 Å². The molecule has 534 valence electrons. The summed E-state index contributed by atoms with van der Waals surface area (Å²) in [6.45, 7) is 90.6. The zero-order valence-electron chi connectivity index (χ0n) is 66.4. The predicted molar refractivity (Wildman–Crippen MR) is 400 cm³/mol. The van der Waals surface area contributed by atoms with E-state index in [-0.39, 0.29) is 11.6 Å². The summed E-state index contributed by atoms with van der Waals surface area (Å²) in [5, 5.41) is 0. The molecule has 88 heavy (non-hydrogen) atoms. The fraction of sp³-hybridized carbons (Fsp3) is 0.934. The van der Waals surface area contributed by atoms with E-state index in [0.717, 1.165) is 87.7 Å². The number of piperazine rings is 1. The van der Waals surface area contributed by atoms with Crippen molar-refractivity contribution in [3.63, 3.8) is 0 Å². The molecule has 0 amide bonds. The summed E-state index contributed by atoms with van der Waals surface area (Å²) in [6.07, 6.45) is 13.3. The van der Waals surface area contributed by atoms with Crippen molar-refractivity contribution in [1.82, 2.24) is 43.8 Å². The molecule has 9 fully saturated rings. The number of aromatic nitrogens is 1. The van der Waals surface area contributed by atoms with Crippen LogP contribution in [0.4, 0.5) is 0 Å². The molecule has 2 atom stereocenters. The average molecular weight is 1260 g/mol. The van der Waals surface area contributed by atoms with Gasteiger partial charge in [-0.3, -0.25) is 24.4 Å². The Morgan fingerprint density at radius 3 is 0.966 bits per heavy atom. The lowest BCUT2D eigenvalue weighted by molar-refractivity contribution is -0.195. The lowest BCUT2D eigenvalue weighted by atomic mass is 9.77. The van der Waals surface area contributed by atoms with E-state index < -0.39 is 0 Å². The molecule has 9 aliphatic rings. The Morgan fingerprint density at radius 1 is 0.386 bits per heavy atom. The predicted octanol–water partition coefficient (Wildman–Crippen LogP) is 17.7. The largest absolute Gasteiger partial charge is 0.380 e. The van der Waals surface area contributed by atoms with Crippen molar-refractivity contribution in [2.45, 2.75) is 327 Å². The second kappa shape index (κ2) is 64.3. The summed E-state index contributed by atoms with van der Waals surface area (Å²) in [7, 11) is 2.19. The number of morpholine rings is 1. The molecule has 9 heterocycles. The Balaban J connectivity index is -0.000000211. The van der Waals surface area contributed by atoms with Gasteiger partial charge < -0.3 is 33.6 Å². The third-order valence-electron chi connectivity index (χ3n) is 16.4. The molecule has 0 N–H and O–H groups in total. The summed E-state index contributed by atoms with van der Waals surface area (Å²) in [5.74, 6) is 1.10. The Labute approximate surface area is 555 Å². The number of pyridine rings is 1. The van der Waals surface area contributed by atoms with Crippen molar-refractivity contribution < 1.29 is 9.47 Å². The molecule has 8 aliphatic heterocycles. The van der Waals surface area contributed by atoms with Gasteiger partial charge in [0, 0.05) is 124 Å². The van der Waals surface area contributed by atoms with E-state index in [1.165, 1.54) is 136 Å². The van der Waals surface area contributed by atoms with Crippen molar-refractivity contribution in [3.8, 4) is 0 Å². The SMILES string of the molecule is CC.CC.CC.CC.CC.CC.CC.CC.CC(C)N1CC2(COC2)C1.CC(C)N1CCC1.CC(C)N1CCC2CC21.CC(C)N1CCCC1.CC(C)N1CCCCC1.CC(C)N1CCN(C)CC1.CC(C)N1CCOCC1.CC(C)n1ccccc1=O. The van der Waals surface area contributed by atoms with Crippen LogP contribution in [-0.4, -0.2) is 224 Å². The van der Waals surface area contributed by atoms with Gasteiger partial charge in [-0.1, -0.05) is 123 Å².